The molecule has 0 bridgehead atoms. The van der Waals surface area contributed by atoms with Crippen molar-refractivity contribution in [1.29, 1.82) is 0 Å². The van der Waals surface area contributed by atoms with Crippen LogP contribution in [-0.4, -0.2) is 39.9 Å². The Bertz CT molecular complexity index is 900. The molecule has 134 valence electrons. The summed E-state index contributed by atoms with van der Waals surface area (Å²) in [5.41, 5.74) is 0.918. The van der Waals surface area contributed by atoms with Gasteiger partial charge >= 0.3 is 0 Å². The monoisotopic (exact) mass is 353 g/mol. The highest BCUT2D eigenvalue weighted by Crippen LogP contribution is 2.40. The summed E-state index contributed by atoms with van der Waals surface area (Å²) in [6.45, 7) is 4.88. The van der Waals surface area contributed by atoms with Gasteiger partial charge in [0.1, 0.15) is 12.1 Å². The molecule has 1 unspecified atom stereocenters. The zero-order valence-corrected chi connectivity index (χ0v) is 14.7. The normalized spacial score (nSPS) is 22.2. The zero-order chi connectivity index (χ0) is 18.3. The van der Waals surface area contributed by atoms with Crippen molar-refractivity contribution in [2.24, 2.45) is 5.41 Å². The number of imide groups is 1. The Balaban J connectivity index is 1.60. The van der Waals surface area contributed by atoms with Gasteiger partial charge in [0.15, 0.2) is 5.75 Å². The van der Waals surface area contributed by atoms with Crippen LogP contribution < -0.4 is 15.0 Å². The topological polar surface area (TPSA) is 97.3 Å². The van der Waals surface area contributed by atoms with Gasteiger partial charge in [0, 0.05) is 25.7 Å². The van der Waals surface area contributed by atoms with Gasteiger partial charge in [-0.1, -0.05) is 0 Å². The highest BCUT2D eigenvalue weighted by molar-refractivity contribution is 6.06. The molecule has 8 heteroatoms. The fourth-order valence-corrected chi connectivity index (χ4v) is 3.60. The minimum atomic E-state index is -0.643. The largest absolute Gasteiger partial charge is 0.437 e. The molecule has 0 saturated carbocycles. The van der Waals surface area contributed by atoms with E-state index >= 15 is 0 Å². The molecule has 8 nitrogen and oxygen atoms in total. The molecule has 4 heterocycles. The molecule has 0 aliphatic carbocycles. The van der Waals surface area contributed by atoms with E-state index in [4.69, 9.17) is 4.74 Å². The molecule has 0 aromatic carbocycles. The van der Waals surface area contributed by atoms with Gasteiger partial charge in [-0.15, -0.1) is 0 Å². The minimum Gasteiger partial charge on any atom is -0.437 e. The predicted molar refractivity (Wildman–Crippen MR) is 92.8 cm³/mol. The third-order valence-electron chi connectivity index (χ3n) is 5.06. The van der Waals surface area contributed by atoms with Gasteiger partial charge < -0.3 is 9.64 Å². The maximum atomic E-state index is 12.2. The summed E-state index contributed by atoms with van der Waals surface area (Å²) < 4.78 is 5.92. The number of hydrogen-bond acceptors (Lipinski definition) is 7. The molecule has 4 rings (SSSR count). The molecule has 2 saturated heterocycles. The summed E-state index contributed by atoms with van der Waals surface area (Å²) in [4.78, 5) is 38.7. The third-order valence-corrected chi connectivity index (χ3v) is 5.06. The lowest BCUT2D eigenvalue weighted by atomic mass is 9.85. The van der Waals surface area contributed by atoms with E-state index in [9.17, 15) is 9.59 Å². The third kappa shape index (κ3) is 2.67. The van der Waals surface area contributed by atoms with Crippen LogP contribution >= 0.6 is 0 Å². The Morgan fingerprint density at radius 3 is 2.81 bits per heavy atom. The second-order valence-electron chi connectivity index (χ2n) is 6.82. The minimum absolute atomic E-state index is 0.181. The lowest BCUT2D eigenvalue weighted by Crippen LogP contribution is -2.35. The van der Waals surface area contributed by atoms with Crippen molar-refractivity contribution in [3.05, 3.63) is 35.9 Å². The van der Waals surface area contributed by atoms with Gasteiger partial charge in [-0.25, -0.2) is 9.97 Å². The highest BCUT2D eigenvalue weighted by atomic mass is 16.5. The van der Waals surface area contributed by atoms with Crippen molar-refractivity contribution >= 4 is 17.6 Å². The molecule has 2 aromatic heterocycles. The number of carbonyl (C=O) groups is 2. The quantitative estimate of drug-likeness (QED) is 0.836. The average Bonchev–Trinajstić information content (AvgIpc) is 3.15. The number of aromatic nitrogens is 3. The molecule has 2 aliphatic rings. The van der Waals surface area contributed by atoms with Crippen LogP contribution in [0.5, 0.6) is 11.6 Å². The van der Waals surface area contributed by atoms with Gasteiger partial charge in [-0.05, 0) is 32.4 Å². The second-order valence-corrected chi connectivity index (χ2v) is 6.82. The van der Waals surface area contributed by atoms with E-state index in [1.165, 1.54) is 6.33 Å². The van der Waals surface area contributed by atoms with Crippen molar-refractivity contribution in [3.8, 4) is 11.6 Å². The number of aryl methyl sites for hydroxylation is 1. The molecule has 1 spiro atoms. The molecule has 2 amide bonds. The number of rotatable bonds is 3. The number of nitrogens with zero attached hydrogens (tertiary/aromatic N) is 4. The summed E-state index contributed by atoms with van der Waals surface area (Å²) in [7, 11) is 0. The van der Waals surface area contributed by atoms with Crippen molar-refractivity contribution in [2.75, 3.05) is 18.0 Å². The first-order valence-electron chi connectivity index (χ1n) is 8.49. The zero-order valence-electron chi connectivity index (χ0n) is 14.7. The summed E-state index contributed by atoms with van der Waals surface area (Å²) in [6.07, 6.45) is 4.03. The predicted octanol–water partition coefficient (Wildman–Crippen LogP) is 1.52. The number of nitrogens with one attached hydrogen (secondary N) is 1. The molecule has 2 aliphatic heterocycles. The summed E-state index contributed by atoms with van der Waals surface area (Å²) in [6, 6.07) is 3.64. The summed E-state index contributed by atoms with van der Waals surface area (Å²) in [5.74, 6) is 1.44. The molecule has 26 heavy (non-hydrogen) atoms. The molecule has 1 N–H and O–H groups in total. The van der Waals surface area contributed by atoms with Crippen LogP contribution in [0.1, 0.15) is 24.1 Å². The Morgan fingerprint density at radius 1 is 1.23 bits per heavy atom. The number of hydrogen-bond donors (Lipinski definition) is 1. The fraction of sp³-hybridized carbons (Fsp3) is 0.389. The maximum absolute atomic E-state index is 12.2. The van der Waals surface area contributed by atoms with Crippen LogP contribution in [0.2, 0.25) is 0 Å². The van der Waals surface area contributed by atoms with Crippen LogP contribution in [0.4, 0.5) is 5.82 Å². The second kappa shape index (κ2) is 6.05. The number of pyridine rings is 1. The molecule has 1 atom stereocenters. The first-order chi connectivity index (χ1) is 12.5. The lowest BCUT2D eigenvalue weighted by Gasteiger charge is -2.23. The van der Waals surface area contributed by atoms with Crippen LogP contribution in [0.15, 0.2) is 24.7 Å². The Labute approximate surface area is 150 Å². The lowest BCUT2D eigenvalue weighted by molar-refractivity contribution is -0.127. The average molecular weight is 353 g/mol. The fourth-order valence-electron chi connectivity index (χ4n) is 3.60. The van der Waals surface area contributed by atoms with E-state index < -0.39 is 5.41 Å². The number of amides is 2. The van der Waals surface area contributed by atoms with Crippen molar-refractivity contribution < 1.29 is 14.3 Å². The van der Waals surface area contributed by atoms with Crippen molar-refractivity contribution in [1.82, 2.24) is 20.3 Å². The Kier molecular flexibility index (Phi) is 3.82. The van der Waals surface area contributed by atoms with Gasteiger partial charge in [0.05, 0.1) is 16.7 Å². The summed E-state index contributed by atoms with van der Waals surface area (Å²) in [5, 5.41) is 2.42. The van der Waals surface area contributed by atoms with Crippen molar-refractivity contribution in [3.63, 3.8) is 0 Å². The SMILES string of the molecule is Cc1ncccc1Oc1ncnc(N2CCC3(CC(=O)NC3=O)C2)c1C. The standard InChI is InChI=1S/C18H19N5O3/c1-11-15(23-7-5-18(9-23)8-14(24)22-17(18)25)20-10-21-16(11)26-13-4-3-6-19-12(13)2/h3-4,6,10H,5,7-9H2,1-2H3,(H,22,24,25). The van der Waals surface area contributed by atoms with Crippen molar-refractivity contribution in [2.45, 2.75) is 26.7 Å². The van der Waals surface area contributed by atoms with E-state index in [1.807, 2.05) is 24.8 Å². The molecule has 0 radical (unpaired) electrons. The van der Waals surface area contributed by atoms with E-state index in [2.05, 4.69) is 20.3 Å². The molecular weight excluding hydrogens is 334 g/mol. The molecule has 2 fully saturated rings. The number of ether oxygens (including phenoxy) is 1. The Morgan fingerprint density at radius 2 is 2.08 bits per heavy atom. The summed E-state index contributed by atoms with van der Waals surface area (Å²) >= 11 is 0. The van der Waals surface area contributed by atoms with Gasteiger partial charge in [-0.2, -0.15) is 0 Å². The van der Waals surface area contributed by atoms with E-state index in [1.54, 1.807) is 12.3 Å². The van der Waals surface area contributed by atoms with E-state index in [-0.39, 0.29) is 18.2 Å². The van der Waals surface area contributed by atoms with E-state index in [0.717, 1.165) is 17.1 Å². The van der Waals surface area contributed by atoms with E-state index in [0.29, 0.717) is 31.1 Å². The maximum Gasteiger partial charge on any atom is 0.235 e. The van der Waals surface area contributed by atoms with Crippen LogP contribution in [-0.2, 0) is 9.59 Å². The van der Waals surface area contributed by atoms with Gasteiger partial charge in [0.25, 0.3) is 0 Å². The van der Waals surface area contributed by atoms with Crippen LogP contribution in [0.3, 0.4) is 0 Å². The highest BCUT2D eigenvalue weighted by Gasteiger charge is 2.51. The number of anilines is 1. The smallest absolute Gasteiger partial charge is 0.235 e. The van der Waals surface area contributed by atoms with Crippen LogP contribution in [0, 0.1) is 19.3 Å². The first-order valence-corrected chi connectivity index (χ1v) is 8.49. The number of carbonyl (C=O) groups excluding carboxylic acids is 2. The molecule has 2 aromatic rings. The first kappa shape index (κ1) is 16.4. The Hall–Kier alpha value is -3.03. The van der Waals surface area contributed by atoms with Crippen LogP contribution in [0.25, 0.3) is 0 Å². The van der Waals surface area contributed by atoms with Gasteiger partial charge in [-0.3, -0.25) is 19.9 Å². The molecular formula is C18H19N5O3. The van der Waals surface area contributed by atoms with Gasteiger partial charge in [0.2, 0.25) is 17.7 Å².